The Hall–Kier alpha value is -3.60. The van der Waals surface area contributed by atoms with E-state index in [2.05, 4.69) is 5.32 Å². The second kappa shape index (κ2) is 9.47. The van der Waals surface area contributed by atoms with Gasteiger partial charge >= 0.3 is 6.09 Å². The summed E-state index contributed by atoms with van der Waals surface area (Å²) in [5.41, 5.74) is 4.05. The number of hydrogen-bond donors (Lipinski definition) is 1. The van der Waals surface area contributed by atoms with Crippen LogP contribution < -0.4 is 5.32 Å². The van der Waals surface area contributed by atoms with Crippen molar-refractivity contribution in [1.82, 2.24) is 10.2 Å². The van der Waals surface area contributed by atoms with Crippen LogP contribution in [0, 0.1) is 0 Å². The number of ether oxygens (including phenoxy) is 1. The lowest BCUT2D eigenvalue weighted by molar-refractivity contribution is -0.127. The minimum Gasteiger partial charge on any atom is -0.445 e. The Balaban J connectivity index is 1.51. The van der Waals surface area contributed by atoms with E-state index in [1.807, 2.05) is 91.9 Å². The van der Waals surface area contributed by atoms with Crippen LogP contribution in [0.2, 0.25) is 0 Å². The van der Waals surface area contributed by atoms with Gasteiger partial charge in [-0.05, 0) is 29.2 Å². The van der Waals surface area contributed by atoms with E-state index in [1.54, 1.807) is 4.90 Å². The van der Waals surface area contributed by atoms with Gasteiger partial charge in [0, 0.05) is 6.42 Å². The summed E-state index contributed by atoms with van der Waals surface area (Å²) < 4.78 is 5.56. The van der Waals surface area contributed by atoms with Crippen molar-refractivity contribution in [3.8, 4) is 0 Å². The van der Waals surface area contributed by atoms with Gasteiger partial charge in [-0.2, -0.15) is 0 Å². The van der Waals surface area contributed by atoms with Crippen LogP contribution in [-0.4, -0.2) is 22.9 Å². The van der Waals surface area contributed by atoms with E-state index < -0.39 is 12.1 Å². The predicted octanol–water partition coefficient (Wildman–Crippen LogP) is 4.63. The van der Waals surface area contributed by atoms with E-state index in [1.165, 1.54) is 0 Å². The molecule has 5 nitrogen and oxygen atoms in total. The summed E-state index contributed by atoms with van der Waals surface area (Å²) >= 11 is 0. The molecule has 0 bridgehead atoms. The van der Waals surface area contributed by atoms with Gasteiger partial charge in [0.2, 0.25) is 5.91 Å². The Bertz CT molecular complexity index is 1040. The van der Waals surface area contributed by atoms with Gasteiger partial charge in [-0.1, -0.05) is 84.9 Å². The van der Waals surface area contributed by atoms with E-state index in [4.69, 9.17) is 4.74 Å². The molecule has 0 aromatic heterocycles. The van der Waals surface area contributed by atoms with Crippen LogP contribution in [-0.2, 0) is 29.1 Å². The van der Waals surface area contributed by atoms with E-state index in [0.717, 1.165) is 22.3 Å². The van der Waals surface area contributed by atoms with Crippen molar-refractivity contribution in [2.24, 2.45) is 0 Å². The molecule has 0 fully saturated rings. The maximum absolute atomic E-state index is 13.2. The molecular formula is C26H26N2O3. The number of hydrogen-bond acceptors (Lipinski definition) is 3. The van der Waals surface area contributed by atoms with Crippen LogP contribution in [0.25, 0.3) is 0 Å². The Labute approximate surface area is 182 Å². The first-order chi connectivity index (χ1) is 15.1. The average Bonchev–Trinajstić information content (AvgIpc) is 2.82. The summed E-state index contributed by atoms with van der Waals surface area (Å²) in [6, 6.07) is 26.5. The van der Waals surface area contributed by atoms with Crippen LogP contribution in [0.4, 0.5) is 4.79 Å². The van der Waals surface area contributed by atoms with Crippen LogP contribution in [0.1, 0.15) is 35.2 Å². The zero-order valence-corrected chi connectivity index (χ0v) is 17.5. The standard InChI is InChI=1S/C26H26N2O3/c1-19(21-12-6-3-7-13-21)27-25(29)24-16-22-14-8-9-15-23(22)17-28(24)26(30)31-18-20-10-4-2-5-11-20/h2-15,19,24H,16-18H2,1H3,(H,27,29)/t19-,24+/m0/s1. The molecule has 0 saturated heterocycles. The lowest BCUT2D eigenvalue weighted by atomic mass is 9.93. The Morgan fingerprint density at radius 1 is 0.935 bits per heavy atom. The predicted molar refractivity (Wildman–Crippen MR) is 119 cm³/mol. The molecule has 0 radical (unpaired) electrons. The Morgan fingerprint density at radius 2 is 1.55 bits per heavy atom. The summed E-state index contributed by atoms with van der Waals surface area (Å²) in [7, 11) is 0. The molecule has 0 aliphatic carbocycles. The number of nitrogens with one attached hydrogen (secondary N) is 1. The van der Waals surface area contributed by atoms with Gasteiger partial charge in [0.05, 0.1) is 12.6 Å². The van der Waals surface area contributed by atoms with E-state index in [9.17, 15) is 9.59 Å². The number of rotatable bonds is 5. The minimum atomic E-state index is -0.621. The average molecular weight is 415 g/mol. The molecule has 158 valence electrons. The molecule has 3 aromatic carbocycles. The molecule has 3 aromatic rings. The first-order valence-corrected chi connectivity index (χ1v) is 10.5. The highest BCUT2D eigenvalue weighted by molar-refractivity contribution is 5.86. The number of carbonyl (C=O) groups excluding carboxylic acids is 2. The van der Waals surface area contributed by atoms with Gasteiger partial charge in [-0.3, -0.25) is 9.69 Å². The summed E-state index contributed by atoms with van der Waals surface area (Å²) in [6.07, 6.45) is -0.0184. The molecule has 1 aliphatic rings. The normalized spacial score (nSPS) is 16.2. The molecule has 4 rings (SSSR count). The second-order valence-electron chi connectivity index (χ2n) is 7.80. The first kappa shape index (κ1) is 20.7. The number of fused-ring (bicyclic) bond motifs is 1. The summed E-state index contributed by atoms with van der Waals surface area (Å²) in [5, 5.41) is 3.07. The molecule has 1 aliphatic heterocycles. The van der Waals surface area contributed by atoms with Crippen LogP contribution >= 0.6 is 0 Å². The highest BCUT2D eigenvalue weighted by Crippen LogP contribution is 2.25. The van der Waals surface area contributed by atoms with Gasteiger partial charge in [0.15, 0.2) is 0 Å². The minimum absolute atomic E-state index is 0.159. The fourth-order valence-electron chi connectivity index (χ4n) is 3.89. The van der Waals surface area contributed by atoms with Gasteiger partial charge < -0.3 is 10.1 Å². The number of amides is 2. The molecule has 0 spiro atoms. The van der Waals surface area contributed by atoms with Crippen LogP contribution in [0.5, 0.6) is 0 Å². The lowest BCUT2D eigenvalue weighted by Crippen LogP contribution is -2.53. The monoisotopic (exact) mass is 414 g/mol. The molecule has 0 unspecified atom stereocenters. The Kier molecular flexibility index (Phi) is 6.32. The highest BCUT2D eigenvalue weighted by Gasteiger charge is 2.36. The van der Waals surface area contributed by atoms with Gasteiger partial charge in [-0.15, -0.1) is 0 Å². The van der Waals surface area contributed by atoms with Crippen molar-refractivity contribution < 1.29 is 14.3 Å². The molecular weight excluding hydrogens is 388 g/mol. The van der Waals surface area contributed by atoms with Crippen LogP contribution in [0.3, 0.4) is 0 Å². The van der Waals surface area contributed by atoms with Crippen molar-refractivity contribution in [2.75, 3.05) is 0 Å². The highest BCUT2D eigenvalue weighted by atomic mass is 16.6. The summed E-state index contributed by atoms with van der Waals surface area (Å²) in [4.78, 5) is 27.7. The van der Waals surface area contributed by atoms with Crippen molar-refractivity contribution in [2.45, 2.75) is 38.6 Å². The maximum atomic E-state index is 13.2. The second-order valence-corrected chi connectivity index (χ2v) is 7.80. The van der Waals surface area contributed by atoms with Crippen molar-refractivity contribution >= 4 is 12.0 Å². The fourth-order valence-corrected chi connectivity index (χ4v) is 3.89. The van der Waals surface area contributed by atoms with E-state index in [-0.39, 0.29) is 18.6 Å². The SMILES string of the molecule is C[C@H](NC(=O)[C@H]1Cc2ccccc2CN1C(=O)OCc1ccccc1)c1ccccc1. The summed E-state index contributed by atoms with van der Waals surface area (Å²) in [5.74, 6) is -0.178. The zero-order valence-electron chi connectivity index (χ0n) is 17.5. The molecule has 1 N–H and O–H groups in total. The molecule has 2 atom stereocenters. The summed E-state index contributed by atoms with van der Waals surface area (Å²) in [6.45, 7) is 2.47. The van der Waals surface area contributed by atoms with Gasteiger partial charge in [-0.25, -0.2) is 4.79 Å². The lowest BCUT2D eigenvalue weighted by Gasteiger charge is -2.35. The van der Waals surface area contributed by atoms with Crippen LogP contribution in [0.15, 0.2) is 84.9 Å². The molecule has 1 heterocycles. The van der Waals surface area contributed by atoms with E-state index in [0.29, 0.717) is 13.0 Å². The van der Waals surface area contributed by atoms with Gasteiger partial charge in [0.1, 0.15) is 12.6 Å². The van der Waals surface area contributed by atoms with Gasteiger partial charge in [0.25, 0.3) is 0 Å². The molecule has 0 saturated carbocycles. The topological polar surface area (TPSA) is 58.6 Å². The van der Waals surface area contributed by atoms with Crippen molar-refractivity contribution in [3.63, 3.8) is 0 Å². The Morgan fingerprint density at radius 3 is 2.26 bits per heavy atom. The smallest absolute Gasteiger partial charge is 0.411 e. The third kappa shape index (κ3) is 4.94. The maximum Gasteiger partial charge on any atom is 0.411 e. The molecule has 31 heavy (non-hydrogen) atoms. The quantitative estimate of drug-likeness (QED) is 0.662. The van der Waals surface area contributed by atoms with Crippen molar-refractivity contribution in [1.29, 1.82) is 0 Å². The number of nitrogens with zero attached hydrogens (tertiary/aromatic N) is 1. The molecule has 2 amide bonds. The largest absolute Gasteiger partial charge is 0.445 e. The molecule has 5 heteroatoms. The number of carbonyl (C=O) groups is 2. The number of benzene rings is 3. The third-order valence-corrected chi connectivity index (χ3v) is 5.65. The third-order valence-electron chi connectivity index (χ3n) is 5.65. The fraction of sp³-hybridized carbons (Fsp3) is 0.231. The first-order valence-electron chi connectivity index (χ1n) is 10.5. The zero-order chi connectivity index (χ0) is 21.6. The van der Waals surface area contributed by atoms with E-state index >= 15 is 0 Å². The van der Waals surface area contributed by atoms with Crippen molar-refractivity contribution in [3.05, 3.63) is 107 Å².